The Labute approximate surface area is 110 Å². The van der Waals surface area contributed by atoms with Gasteiger partial charge in [-0.2, -0.15) is 0 Å². The molecular weight excluding hydrogens is 252 g/mol. The second-order valence-electron chi connectivity index (χ2n) is 5.02. The molecule has 0 aliphatic heterocycles. The van der Waals surface area contributed by atoms with Gasteiger partial charge in [-0.1, -0.05) is 6.42 Å². The second-order valence-corrected chi connectivity index (χ2v) is 5.02. The molecule has 1 saturated carbocycles. The number of nitrogens with one attached hydrogen (secondary N) is 1. The van der Waals surface area contributed by atoms with Crippen LogP contribution in [-0.2, 0) is 0 Å². The zero-order valence-corrected chi connectivity index (χ0v) is 10.5. The number of aliphatic hydroxyl groups excluding tert-OH is 1. The van der Waals surface area contributed by atoms with Gasteiger partial charge in [0.1, 0.15) is 11.6 Å². The van der Waals surface area contributed by atoms with Crippen LogP contribution in [0.2, 0.25) is 0 Å². The Kier molecular flexibility index (Phi) is 4.47. The van der Waals surface area contributed by atoms with Crippen molar-refractivity contribution in [3.63, 3.8) is 0 Å². The third-order valence-corrected chi connectivity index (χ3v) is 3.48. The van der Waals surface area contributed by atoms with Crippen molar-refractivity contribution >= 4 is 5.91 Å². The molecule has 1 amide bonds. The molecule has 2 unspecified atom stereocenters. The lowest BCUT2D eigenvalue weighted by molar-refractivity contribution is 0.0870. The van der Waals surface area contributed by atoms with Crippen LogP contribution in [0.4, 0.5) is 8.78 Å². The molecule has 3 nitrogen and oxygen atoms in total. The van der Waals surface area contributed by atoms with Gasteiger partial charge in [0.15, 0.2) is 0 Å². The fourth-order valence-corrected chi connectivity index (χ4v) is 2.45. The summed E-state index contributed by atoms with van der Waals surface area (Å²) in [5.41, 5.74) is -0.281. The predicted molar refractivity (Wildman–Crippen MR) is 66.7 cm³/mol. The first-order valence-corrected chi connectivity index (χ1v) is 6.47. The summed E-state index contributed by atoms with van der Waals surface area (Å²) in [5.74, 6) is -1.79. The summed E-state index contributed by atoms with van der Waals surface area (Å²) in [6, 6.07) is 2.80. The molecule has 1 fully saturated rings. The summed E-state index contributed by atoms with van der Waals surface area (Å²) in [7, 11) is 0. The van der Waals surface area contributed by atoms with E-state index in [1.165, 1.54) is 0 Å². The maximum absolute atomic E-state index is 13.4. The Morgan fingerprint density at radius 1 is 1.37 bits per heavy atom. The Bertz CT molecular complexity index is 465. The summed E-state index contributed by atoms with van der Waals surface area (Å²) >= 11 is 0. The highest BCUT2D eigenvalue weighted by atomic mass is 19.1. The van der Waals surface area contributed by atoms with Crippen LogP contribution in [0.25, 0.3) is 0 Å². The molecule has 104 valence electrons. The van der Waals surface area contributed by atoms with Crippen molar-refractivity contribution in [2.45, 2.75) is 31.8 Å². The van der Waals surface area contributed by atoms with Gasteiger partial charge in [0.25, 0.3) is 5.91 Å². The number of carbonyl (C=O) groups is 1. The molecule has 2 rings (SSSR count). The van der Waals surface area contributed by atoms with E-state index in [0.717, 1.165) is 37.5 Å². The Morgan fingerprint density at radius 2 is 2.16 bits per heavy atom. The molecule has 2 atom stereocenters. The minimum atomic E-state index is -0.734. The monoisotopic (exact) mass is 269 g/mol. The first-order valence-electron chi connectivity index (χ1n) is 6.47. The number of halogens is 2. The summed E-state index contributed by atoms with van der Waals surface area (Å²) < 4.78 is 26.4. The van der Waals surface area contributed by atoms with Gasteiger partial charge in [-0.25, -0.2) is 8.78 Å². The predicted octanol–water partition coefficient (Wildman–Crippen LogP) is 2.25. The maximum Gasteiger partial charge on any atom is 0.254 e. The van der Waals surface area contributed by atoms with Gasteiger partial charge < -0.3 is 10.4 Å². The van der Waals surface area contributed by atoms with Crippen LogP contribution in [0.15, 0.2) is 18.2 Å². The molecule has 0 bridgehead atoms. The first-order chi connectivity index (χ1) is 9.06. The summed E-state index contributed by atoms with van der Waals surface area (Å²) in [4.78, 5) is 11.8. The van der Waals surface area contributed by atoms with Crippen LogP contribution in [-0.4, -0.2) is 23.7 Å². The zero-order chi connectivity index (χ0) is 13.8. The van der Waals surface area contributed by atoms with E-state index in [0.29, 0.717) is 13.0 Å². The van der Waals surface area contributed by atoms with Crippen LogP contribution in [0.5, 0.6) is 0 Å². The molecule has 1 aliphatic carbocycles. The Morgan fingerprint density at radius 3 is 2.89 bits per heavy atom. The van der Waals surface area contributed by atoms with Crippen molar-refractivity contribution in [2.75, 3.05) is 6.54 Å². The molecule has 19 heavy (non-hydrogen) atoms. The minimum Gasteiger partial charge on any atom is -0.393 e. The van der Waals surface area contributed by atoms with Gasteiger partial charge in [0.2, 0.25) is 0 Å². The highest BCUT2D eigenvalue weighted by molar-refractivity contribution is 5.94. The van der Waals surface area contributed by atoms with Gasteiger partial charge >= 0.3 is 0 Å². The first kappa shape index (κ1) is 13.9. The van der Waals surface area contributed by atoms with Crippen LogP contribution in [0, 0.1) is 17.6 Å². The van der Waals surface area contributed by atoms with Gasteiger partial charge in [0, 0.05) is 6.54 Å². The lowest BCUT2D eigenvalue weighted by Gasteiger charge is -2.25. The van der Waals surface area contributed by atoms with Crippen molar-refractivity contribution in [3.05, 3.63) is 35.4 Å². The molecule has 0 heterocycles. The maximum atomic E-state index is 13.4. The number of benzene rings is 1. The molecule has 0 spiro atoms. The third kappa shape index (κ3) is 3.73. The normalized spacial score (nSPS) is 23.1. The molecule has 1 aromatic rings. The third-order valence-electron chi connectivity index (χ3n) is 3.48. The molecule has 1 aliphatic rings. The fourth-order valence-electron chi connectivity index (χ4n) is 2.45. The minimum absolute atomic E-state index is 0.198. The van der Waals surface area contributed by atoms with Crippen molar-refractivity contribution in [2.24, 2.45) is 5.92 Å². The number of rotatable bonds is 3. The van der Waals surface area contributed by atoms with E-state index >= 15 is 0 Å². The molecule has 0 radical (unpaired) electrons. The number of carbonyl (C=O) groups excluding carboxylic acids is 1. The van der Waals surface area contributed by atoms with Crippen molar-refractivity contribution < 1.29 is 18.7 Å². The van der Waals surface area contributed by atoms with Gasteiger partial charge in [-0.3, -0.25) is 4.79 Å². The van der Waals surface area contributed by atoms with E-state index < -0.39 is 17.5 Å². The summed E-state index contributed by atoms with van der Waals surface area (Å²) in [5, 5.41) is 12.1. The van der Waals surface area contributed by atoms with Crippen molar-refractivity contribution in [1.82, 2.24) is 5.32 Å². The lowest BCUT2D eigenvalue weighted by Crippen LogP contribution is -2.33. The van der Waals surface area contributed by atoms with Crippen LogP contribution in [0.1, 0.15) is 36.0 Å². The molecule has 0 saturated heterocycles. The van der Waals surface area contributed by atoms with Gasteiger partial charge in [-0.15, -0.1) is 0 Å². The Balaban J connectivity index is 1.92. The number of hydrogen-bond acceptors (Lipinski definition) is 2. The molecule has 0 aromatic heterocycles. The SMILES string of the molecule is O=C(NCC1CCCC(O)C1)c1cc(F)ccc1F. The van der Waals surface area contributed by atoms with E-state index in [9.17, 15) is 18.7 Å². The summed E-state index contributed by atoms with van der Waals surface area (Å²) in [6.07, 6.45) is 2.98. The molecular formula is C14H17F2NO2. The van der Waals surface area contributed by atoms with E-state index in [1.54, 1.807) is 0 Å². The highest BCUT2D eigenvalue weighted by Crippen LogP contribution is 2.23. The standard InChI is InChI=1S/C14H17F2NO2/c15-10-4-5-13(16)12(7-10)14(19)17-8-9-2-1-3-11(18)6-9/h4-5,7,9,11,18H,1-3,6,8H2,(H,17,19). The Hall–Kier alpha value is -1.49. The van der Waals surface area contributed by atoms with Gasteiger partial charge in [0.05, 0.1) is 11.7 Å². The molecule has 5 heteroatoms. The van der Waals surface area contributed by atoms with Crippen LogP contribution < -0.4 is 5.32 Å². The van der Waals surface area contributed by atoms with E-state index in [1.807, 2.05) is 0 Å². The highest BCUT2D eigenvalue weighted by Gasteiger charge is 2.21. The van der Waals surface area contributed by atoms with E-state index in [4.69, 9.17) is 0 Å². The molecule has 2 N–H and O–H groups in total. The average Bonchev–Trinajstić information content (AvgIpc) is 2.39. The number of amides is 1. The second kappa shape index (κ2) is 6.10. The topological polar surface area (TPSA) is 49.3 Å². The average molecular weight is 269 g/mol. The number of hydrogen-bond donors (Lipinski definition) is 2. The van der Waals surface area contributed by atoms with E-state index in [2.05, 4.69) is 5.32 Å². The van der Waals surface area contributed by atoms with Crippen molar-refractivity contribution in [3.8, 4) is 0 Å². The lowest BCUT2D eigenvalue weighted by atomic mass is 9.87. The van der Waals surface area contributed by atoms with Gasteiger partial charge in [-0.05, 0) is 43.4 Å². The smallest absolute Gasteiger partial charge is 0.254 e. The van der Waals surface area contributed by atoms with Crippen LogP contribution in [0.3, 0.4) is 0 Å². The quantitative estimate of drug-likeness (QED) is 0.884. The largest absolute Gasteiger partial charge is 0.393 e. The zero-order valence-electron chi connectivity index (χ0n) is 10.5. The van der Waals surface area contributed by atoms with E-state index in [-0.39, 0.29) is 17.6 Å². The summed E-state index contributed by atoms with van der Waals surface area (Å²) in [6.45, 7) is 0.381. The van der Waals surface area contributed by atoms with Crippen LogP contribution >= 0.6 is 0 Å². The molecule has 1 aromatic carbocycles. The number of aliphatic hydroxyl groups is 1. The fraction of sp³-hybridized carbons (Fsp3) is 0.500. The van der Waals surface area contributed by atoms with Crippen molar-refractivity contribution in [1.29, 1.82) is 0 Å².